The summed E-state index contributed by atoms with van der Waals surface area (Å²) >= 11 is 0. The van der Waals surface area contributed by atoms with Crippen molar-refractivity contribution in [2.45, 2.75) is 58.2 Å². The summed E-state index contributed by atoms with van der Waals surface area (Å²) in [6.07, 6.45) is 4.90. The molecule has 0 saturated heterocycles. The zero-order valence-corrected chi connectivity index (χ0v) is 15.0. The lowest BCUT2D eigenvalue weighted by Gasteiger charge is -2.17. The number of nitrogens with zero attached hydrogens (tertiary/aromatic N) is 2. The highest BCUT2D eigenvalue weighted by Crippen LogP contribution is 2.23. The van der Waals surface area contributed by atoms with E-state index in [-0.39, 0.29) is 17.9 Å². The average Bonchev–Trinajstić information content (AvgIpc) is 3.37. The number of hydrogen-bond acceptors (Lipinski definition) is 3. The van der Waals surface area contributed by atoms with Crippen LogP contribution in [0.25, 0.3) is 0 Å². The molecule has 2 aromatic rings. The predicted molar refractivity (Wildman–Crippen MR) is 98.0 cm³/mol. The second kappa shape index (κ2) is 6.94. The molecular formula is C20H24N4O2. The van der Waals surface area contributed by atoms with Crippen LogP contribution in [0.2, 0.25) is 0 Å². The minimum atomic E-state index is -0.220. The monoisotopic (exact) mass is 352 g/mol. The lowest BCUT2D eigenvalue weighted by molar-refractivity contribution is 0.0935. The minimum Gasteiger partial charge on any atom is -0.348 e. The highest BCUT2D eigenvalue weighted by molar-refractivity contribution is 5.97. The fourth-order valence-electron chi connectivity index (χ4n) is 3.44. The fraction of sp³-hybridized carbons (Fsp3) is 0.450. The number of imidazole rings is 1. The first-order valence-corrected chi connectivity index (χ1v) is 9.36. The third-order valence-corrected chi connectivity index (χ3v) is 5.15. The van der Waals surface area contributed by atoms with E-state index in [1.807, 2.05) is 35.8 Å². The van der Waals surface area contributed by atoms with Crippen LogP contribution in [-0.2, 0) is 19.5 Å². The Morgan fingerprint density at radius 2 is 2.00 bits per heavy atom. The molecule has 0 radical (unpaired) electrons. The van der Waals surface area contributed by atoms with Crippen LogP contribution >= 0.6 is 0 Å². The molecule has 0 spiro atoms. The first-order chi connectivity index (χ1) is 12.6. The number of aromatic nitrogens is 2. The molecular weight excluding hydrogens is 328 g/mol. The van der Waals surface area contributed by atoms with Crippen molar-refractivity contribution >= 4 is 11.8 Å². The van der Waals surface area contributed by atoms with E-state index in [4.69, 9.17) is 0 Å². The smallest absolute Gasteiger partial charge is 0.287 e. The molecule has 1 aromatic carbocycles. The molecule has 0 unspecified atom stereocenters. The van der Waals surface area contributed by atoms with Crippen LogP contribution in [0, 0.1) is 6.92 Å². The van der Waals surface area contributed by atoms with Crippen LogP contribution in [0.5, 0.6) is 0 Å². The summed E-state index contributed by atoms with van der Waals surface area (Å²) in [6, 6.07) is 8.26. The molecule has 136 valence electrons. The quantitative estimate of drug-likeness (QED) is 0.867. The number of hydrogen-bond donors (Lipinski definition) is 2. The molecule has 4 rings (SSSR count). The maximum atomic E-state index is 12.7. The van der Waals surface area contributed by atoms with Gasteiger partial charge in [0.15, 0.2) is 5.82 Å². The lowest BCUT2D eigenvalue weighted by atomic mass is 10.1. The van der Waals surface area contributed by atoms with E-state index in [0.717, 1.165) is 55.5 Å². The normalized spacial score (nSPS) is 16.0. The van der Waals surface area contributed by atoms with Crippen molar-refractivity contribution in [3.8, 4) is 0 Å². The molecule has 1 saturated carbocycles. The molecule has 1 aromatic heterocycles. The minimum absolute atomic E-state index is 0.142. The van der Waals surface area contributed by atoms with E-state index < -0.39 is 0 Å². The largest absolute Gasteiger partial charge is 0.348 e. The molecule has 2 aliphatic rings. The van der Waals surface area contributed by atoms with Gasteiger partial charge in [0.1, 0.15) is 5.69 Å². The van der Waals surface area contributed by atoms with Crippen molar-refractivity contribution in [2.24, 2.45) is 0 Å². The summed E-state index contributed by atoms with van der Waals surface area (Å²) in [5.41, 5.74) is 3.55. The number of benzene rings is 1. The van der Waals surface area contributed by atoms with E-state index in [1.165, 1.54) is 0 Å². The van der Waals surface area contributed by atoms with Gasteiger partial charge in [-0.25, -0.2) is 4.98 Å². The van der Waals surface area contributed by atoms with Gasteiger partial charge in [0, 0.05) is 19.1 Å². The fourth-order valence-corrected chi connectivity index (χ4v) is 3.44. The van der Waals surface area contributed by atoms with Gasteiger partial charge in [0.25, 0.3) is 11.8 Å². The summed E-state index contributed by atoms with van der Waals surface area (Å²) < 4.78 is 1.93. The number of amides is 2. The van der Waals surface area contributed by atoms with Gasteiger partial charge in [0.05, 0.1) is 5.69 Å². The number of fused-ring (bicyclic) bond motifs is 1. The lowest BCUT2D eigenvalue weighted by Crippen LogP contribution is -2.27. The Labute approximate surface area is 153 Å². The summed E-state index contributed by atoms with van der Waals surface area (Å²) in [5, 5.41) is 5.95. The Morgan fingerprint density at radius 3 is 2.77 bits per heavy atom. The maximum absolute atomic E-state index is 12.7. The van der Waals surface area contributed by atoms with Crippen molar-refractivity contribution in [3.05, 3.63) is 52.6 Å². The number of rotatable bonds is 5. The molecule has 6 nitrogen and oxygen atoms in total. The molecule has 6 heteroatoms. The van der Waals surface area contributed by atoms with E-state index in [1.54, 1.807) is 0 Å². The van der Waals surface area contributed by atoms with Crippen LogP contribution in [-0.4, -0.2) is 27.4 Å². The molecule has 1 aliphatic heterocycles. The van der Waals surface area contributed by atoms with E-state index in [2.05, 4.69) is 15.6 Å². The third kappa shape index (κ3) is 3.36. The van der Waals surface area contributed by atoms with Crippen molar-refractivity contribution in [2.75, 3.05) is 0 Å². The summed E-state index contributed by atoms with van der Waals surface area (Å²) in [5.74, 6) is -0.00721. The van der Waals surface area contributed by atoms with Gasteiger partial charge in [-0.05, 0) is 50.2 Å². The van der Waals surface area contributed by atoms with Gasteiger partial charge in [-0.2, -0.15) is 0 Å². The molecule has 1 fully saturated rings. The Hall–Kier alpha value is -2.63. The maximum Gasteiger partial charge on any atom is 0.287 e. The predicted octanol–water partition coefficient (Wildman–Crippen LogP) is 2.35. The van der Waals surface area contributed by atoms with Crippen molar-refractivity contribution in [1.29, 1.82) is 0 Å². The van der Waals surface area contributed by atoms with Crippen molar-refractivity contribution in [3.63, 3.8) is 0 Å². The zero-order chi connectivity index (χ0) is 18.1. The highest BCUT2D eigenvalue weighted by atomic mass is 16.2. The molecule has 0 bridgehead atoms. The zero-order valence-electron chi connectivity index (χ0n) is 15.0. The van der Waals surface area contributed by atoms with Crippen LogP contribution in [0.15, 0.2) is 24.3 Å². The first kappa shape index (κ1) is 16.8. The van der Waals surface area contributed by atoms with Crippen LogP contribution in [0.1, 0.15) is 63.6 Å². The van der Waals surface area contributed by atoms with Crippen molar-refractivity contribution < 1.29 is 9.59 Å². The SMILES string of the molecule is Cc1ccccc1CNC(=O)c1nc(C(=O)NC2CC2)c2n1CCCC2. The van der Waals surface area contributed by atoms with Crippen LogP contribution in [0.3, 0.4) is 0 Å². The Morgan fingerprint density at radius 1 is 1.19 bits per heavy atom. The molecule has 26 heavy (non-hydrogen) atoms. The van der Waals surface area contributed by atoms with E-state index in [0.29, 0.717) is 18.1 Å². The second-order valence-electron chi connectivity index (χ2n) is 7.20. The first-order valence-electron chi connectivity index (χ1n) is 9.36. The van der Waals surface area contributed by atoms with Crippen molar-refractivity contribution in [1.82, 2.24) is 20.2 Å². The van der Waals surface area contributed by atoms with E-state index >= 15 is 0 Å². The van der Waals surface area contributed by atoms with E-state index in [9.17, 15) is 9.59 Å². The van der Waals surface area contributed by atoms with Crippen LogP contribution < -0.4 is 10.6 Å². The van der Waals surface area contributed by atoms with Gasteiger partial charge in [-0.1, -0.05) is 24.3 Å². The second-order valence-corrected chi connectivity index (χ2v) is 7.20. The number of carbonyl (C=O) groups excluding carboxylic acids is 2. The number of nitrogens with one attached hydrogen (secondary N) is 2. The molecule has 2 N–H and O–H groups in total. The number of aryl methyl sites for hydroxylation is 1. The Kier molecular flexibility index (Phi) is 4.49. The third-order valence-electron chi connectivity index (χ3n) is 5.15. The van der Waals surface area contributed by atoms with Gasteiger partial charge in [-0.3, -0.25) is 9.59 Å². The van der Waals surface area contributed by atoms with Gasteiger partial charge < -0.3 is 15.2 Å². The topological polar surface area (TPSA) is 76.0 Å². The molecule has 1 aliphatic carbocycles. The van der Waals surface area contributed by atoms with Crippen LogP contribution in [0.4, 0.5) is 0 Å². The summed E-state index contributed by atoms with van der Waals surface area (Å²) in [7, 11) is 0. The van der Waals surface area contributed by atoms with Gasteiger partial charge >= 0.3 is 0 Å². The Bertz CT molecular complexity index is 851. The molecule has 2 amide bonds. The van der Waals surface area contributed by atoms with Gasteiger partial charge in [-0.15, -0.1) is 0 Å². The standard InChI is InChI=1S/C20H24N4O2/c1-13-6-2-3-7-14(13)12-21-20(26)18-23-17(19(25)22-15-9-10-15)16-8-4-5-11-24(16)18/h2-3,6-7,15H,4-5,8-12H2,1H3,(H,21,26)(H,22,25). The summed E-state index contributed by atoms with van der Waals surface area (Å²) in [6.45, 7) is 3.22. The Balaban J connectivity index is 1.55. The molecule has 2 heterocycles. The average molecular weight is 352 g/mol. The molecule has 0 atom stereocenters. The van der Waals surface area contributed by atoms with Gasteiger partial charge in [0.2, 0.25) is 0 Å². The highest BCUT2D eigenvalue weighted by Gasteiger charge is 2.30. The number of carbonyl (C=O) groups is 2. The summed E-state index contributed by atoms with van der Waals surface area (Å²) in [4.78, 5) is 29.7.